The van der Waals surface area contributed by atoms with Crippen LogP contribution >= 0.6 is 38.9 Å². The molecular weight excluding hydrogens is 360 g/mol. The summed E-state index contributed by atoms with van der Waals surface area (Å²) in [5, 5.41) is 0.984. The number of halogens is 2. The fourth-order valence-corrected chi connectivity index (χ4v) is 3.87. The highest BCUT2D eigenvalue weighted by molar-refractivity contribution is 9.09. The van der Waals surface area contributed by atoms with Gasteiger partial charge in [0.05, 0.1) is 4.34 Å². The smallest absolute Gasteiger partial charge is 0.222 e. The molecule has 2 heterocycles. The van der Waals surface area contributed by atoms with E-state index in [9.17, 15) is 4.79 Å². The highest BCUT2D eigenvalue weighted by Crippen LogP contribution is 2.23. The number of thiophene rings is 1. The lowest BCUT2D eigenvalue weighted by molar-refractivity contribution is -0.133. The van der Waals surface area contributed by atoms with Crippen molar-refractivity contribution in [3.05, 3.63) is 21.3 Å². The second-order valence-electron chi connectivity index (χ2n) is 5.01. The van der Waals surface area contributed by atoms with Crippen LogP contribution in [0.25, 0.3) is 0 Å². The molecule has 1 aromatic heterocycles. The zero-order valence-electron chi connectivity index (χ0n) is 11.5. The number of rotatable bonds is 6. The number of amides is 1. The Morgan fingerprint density at radius 3 is 2.60 bits per heavy atom. The predicted octanol–water partition coefficient (Wildman–Crippen LogP) is 3.61. The third-order valence-corrected chi connectivity index (χ3v) is 5.28. The van der Waals surface area contributed by atoms with E-state index in [0.29, 0.717) is 12.3 Å². The molecule has 1 aromatic rings. The van der Waals surface area contributed by atoms with Gasteiger partial charge in [-0.3, -0.25) is 9.69 Å². The van der Waals surface area contributed by atoms with Crippen molar-refractivity contribution in [3.8, 4) is 0 Å². The number of hydrogen-bond acceptors (Lipinski definition) is 3. The van der Waals surface area contributed by atoms with E-state index in [1.807, 2.05) is 11.0 Å². The van der Waals surface area contributed by atoms with Crippen molar-refractivity contribution >= 4 is 44.8 Å². The summed E-state index contributed by atoms with van der Waals surface area (Å²) < 4.78 is 0.848. The SMILES string of the molecule is O=C(CCCCBr)N1CCN(Cc2ccc(Cl)s2)CC1. The molecule has 20 heavy (non-hydrogen) atoms. The van der Waals surface area contributed by atoms with E-state index in [2.05, 4.69) is 26.9 Å². The van der Waals surface area contributed by atoms with Gasteiger partial charge in [0.15, 0.2) is 0 Å². The summed E-state index contributed by atoms with van der Waals surface area (Å²) in [6.07, 6.45) is 2.75. The van der Waals surface area contributed by atoms with Gasteiger partial charge in [-0.05, 0) is 25.0 Å². The van der Waals surface area contributed by atoms with E-state index in [1.54, 1.807) is 11.3 Å². The molecule has 1 fully saturated rings. The van der Waals surface area contributed by atoms with Crippen molar-refractivity contribution in [3.63, 3.8) is 0 Å². The molecule has 112 valence electrons. The molecule has 2 rings (SSSR count). The molecule has 1 aliphatic heterocycles. The van der Waals surface area contributed by atoms with Gasteiger partial charge in [0.2, 0.25) is 5.91 Å². The zero-order chi connectivity index (χ0) is 14.4. The third-order valence-electron chi connectivity index (χ3n) is 3.51. The Kier molecular flexibility index (Phi) is 6.81. The van der Waals surface area contributed by atoms with Crippen LogP contribution in [-0.4, -0.2) is 47.2 Å². The molecule has 0 spiro atoms. The molecule has 0 aliphatic carbocycles. The van der Waals surface area contributed by atoms with E-state index in [-0.39, 0.29) is 0 Å². The Morgan fingerprint density at radius 1 is 1.25 bits per heavy atom. The first kappa shape index (κ1) is 16.3. The molecule has 1 aliphatic rings. The molecule has 0 radical (unpaired) electrons. The normalized spacial score (nSPS) is 16.6. The van der Waals surface area contributed by atoms with Crippen molar-refractivity contribution in [2.75, 3.05) is 31.5 Å². The minimum absolute atomic E-state index is 0.310. The Bertz CT molecular complexity index is 433. The Balaban J connectivity index is 1.70. The van der Waals surface area contributed by atoms with E-state index >= 15 is 0 Å². The number of unbranched alkanes of at least 4 members (excludes halogenated alkanes) is 1. The highest BCUT2D eigenvalue weighted by Gasteiger charge is 2.20. The van der Waals surface area contributed by atoms with Crippen LogP contribution in [0, 0.1) is 0 Å². The molecule has 0 N–H and O–H groups in total. The number of carbonyl (C=O) groups is 1. The molecule has 1 amide bonds. The van der Waals surface area contributed by atoms with Crippen LogP contribution in [0.4, 0.5) is 0 Å². The summed E-state index contributed by atoms with van der Waals surface area (Å²) in [5.74, 6) is 0.310. The fraction of sp³-hybridized carbons (Fsp3) is 0.643. The first-order chi connectivity index (χ1) is 9.69. The molecule has 6 heteroatoms. The molecule has 1 saturated heterocycles. The van der Waals surface area contributed by atoms with Crippen LogP contribution in [0.1, 0.15) is 24.1 Å². The molecule has 0 bridgehead atoms. The summed E-state index contributed by atoms with van der Waals surface area (Å²) >= 11 is 11.0. The van der Waals surface area contributed by atoms with Crippen LogP contribution < -0.4 is 0 Å². The standard InChI is InChI=1S/C14H20BrClN2OS/c15-6-2-1-3-14(19)18-9-7-17(8-10-18)11-12-4-5-13(16)20-12/h4-5H,1-3,6-11H2. The van der Waals surface area contributed by atoms with Gasteiger partial charge in [-0.1, -0.05) is 27.5 Å². The lowest BCUT2D eigenvalue weighted by Crippen LogP contribution is -2.48. The van der Waals surface area contributed by atoms with E-state index in [4.69, 9.17) is 11.6 Å². The van der Waals surface area contributed by atoms with Gasteiger partial charge in [-0.2, -0.15) is 0 Å². The Labute approximate surface area is 138 Å². The van der Waals surface area contributed by atoms with Crippen molar-refractivity contribution in [1.29, 1.82) is 0 Å². The maximum absolute atomic E-state index is 12.0. The van der Waals surface area contributed by atoms with Crippen molar-refractivity contribution < 1.29 is 4.79 Å². The summed E-state index contributed by atoms with van der Waals surface area (Å²) in [5.41, 5.74) is 0. The van der Waals surface area contributed by atoms with Gasteiger partial charge in [-0.15, -0.1) is 11.3 Å². The largest absolute Gasteiger partial charge is 0.340 e. The lowest BCUT2D eigenvalue weighted by Gasteiger charge is -2.34. The molecule has 0 saturated carbocycles. The monoisotopic (exact) mass is 378 g/mol. The number of hydrogen-bond donors (Lipinski definition) is 0. The fourth-order valence-electron chi connectivity index (χ4n) is 2.34. The van der Waals surface area contributed by atoms with E-state index in [1.165, 1.54) is 4.88 Å². The van der Waals surface area contributed by atoms with E-state index in [0.717, 1.165) is 55.2 Å². The van der Waals surface area contributed by atoms with Gasteiger partial charge >= 0.3 is 0 Å². The lowest BCUT2D eigenvalue weighted by atomic mass is 10.2. The Hall–Kier alpha value is -0.100. The zero-order valence-corrected chi connectivity index (χ0v) is 14.6. The summed E-state index contributed by atoms with van der Waals surface area (Å²) in [4.78, 5) is 17.7. The summed E-state index contributed by atoms with van der Waals surface area (Å²) in [6, 6.07) is 4.04. The maximum atomic E-state index is 12.0. The number of nitrogens with zero attached hydrogens (tertiary/aromatic N) is 2. The van der Waals surface area contributed by atoms with Gasteiger partial charge < -0.3 is 4.90 Å². The van der Waals surface area contributed by atoms with Crippen LogP contribution in [0.2, 0.25) is 4.34 Å². The topological polar surface area (TPSA) is 23.6 Å². The van der Waals surface area contributed by atoms with Crippen molar-refractivity contribution in [2.45, 2.75) is 25.8 Å². The summed E-state index contributed by atoms with van der Waals surface area (Å²) in [6.45, 7) is 4.57. The maximum Gasteiger partial charge on any atom is 0.222 e. The van der Waals surface area contributed by atoms with Crippen LogP contribution in [-0.2, 0) is 11.3 Å². The summed E-state index contributed by atoms with van der Waals surface area (Å²) in [7, 11) is 0. The van der Waals surface area contributed by atoms with Crippen molar-refractivity contribution in [2.24, 2.45) is 0 Å². The average Bonchev–Trinajstić information content (AvgIpc) is 2.85. The van der Waals surface area contributed by atoms with Crippen molar-refractivity contribution in [1.82, 2.24) is 9.80 Å². The van der Waals surface area contributed by atoms with Crippen LogP contribution in [0.5, 0.6) is 0 Å². The third kappa shape index (κ3) is 5.02. The number of alkyl halides is 1. The minimum Gasteiger partial charge on any atom is -0.340 e. The average molecular weight is 380 g/mol. The Morgan fingerprint density at radius 2 is 2.00 bits per heavy atom. The minimum atomic E-state index is 0.310. The van der Waals surface area contributed by atoms with Crippen LogP contribution in [0.3, 0.4) is 0 Å². The molecule has 0 atom stereocenters. The van der Waals surface area contributed by atoms with Gasteiger partial charge in [-0.25, -0.2) is 0 Å². The van der Waals surface area contributed by atoms with Gasteiger partial charge in [0.25, 0.3) is 0 Å². The second-order valence-corrected chi connectivity index (χ2v) is 7.60. The predicted molar refractivity (Wildman–Crippen MR) is 88.8 cm³/mol. The van der Waals surface area contributed by atoms with Gasteiger partial charge in [0, 0.05) is 49.4 Å². The number of piperazine rings is 1. The molecule has 0 unspecified atom stereocenters. The molecule has 0 aromatic carbocycles. The van der Waals surface area contributed by atoms with Gasteiger partial charge in [0.1, 0.15) is 0 Å². The first-order valence-corrected chi connectivity index (χ1v) is 9.31. The first-order valence-electron chi connectivity index (χ1n) is 6.99. The second kappa shape index (κ2) is 8.37. The highest BCUT2D eigenvalue weighted by atomic mass is 79.9. The number of carbonyl (C=O) groups excluding carboxylic acids is 1. The van der Waals surface area contributed by atoms with Crippen LogP contribution in [0.15, 0.2) is 12.1 Å². The molecule has 3 nitrogen and oxygen atoms in total. The van der Waals surface area contributed by atoms with E-state index < -0.39 is 0 Å². The quantitative estimate of drug-likeness (QED) is 0.557. The molecular formula is C14H20BrClN2OS.